The molecule has 2 atom stereocenters. The Hall–Kier alpha value is -2.34. The first kappa shape index (κ1) is 22.9. The Labute approximate surface area is 175 Å². The Bertz CT molecular complexity index is 999. The monoisotopic (exact) mass is 416 g/mol. The van der Waals surface area contributed by atoms with Crippen LogP contribution >= 0.6 is 0 Å². The number of aryl methyl sites for hydroxylation is 4. The number of carbonyl (C=O) groups excluding carboxylic acids is 1. The molecule has 158 valence electrons. The molecular weight excluding hydrogens is 384 g/mol. The zero-order valence-electron chi connectivity index (χ0n) is 18.4. The Kier molecular flexibility index (Phi) is 7.11. The van der Waals surface area contributed by atoms with Crippen LogP contribution in [0.2, 0.25) is 0 Å². The quantitative estimate of drug-likeness (QED) is 0.730. The van der Waals surface area contributed by atoms with Crippen LogP contribution in [0.15, 0.2) is 36.4 Å². The van der Waals surface area contributed by atoms with Gasteiger partial charge in [-0.1, -0.05) is 31.2 Å². The lowest BCUT2D eigenvalue weighted by molar-refractivity contribution is -0.122. The summed E-state index contributed by atoms with van der Waals surface area (Å²) in [5.74, 6) is -0.301. The molecule has 29 heavy (non-hydrogen) atoms. The second-order valence-electron chi connectivity index (χ2n) is 7.85. The predicted octanol–water partition coefficient (Wildman–Crippen LogP) is 4.34. The van der Waals surface area contributed by atoms with Gasteiger partial charge in [0.05, 0.1) is 18.0 Å². The summed E-state index contributed by atoms with van der Waals surface area (Å²) in [7, 11) is -3.64. The maximum Gasteiger partial charge on any atom is 0.244 e. The summed E-state index contributed by atoms with van der Waals surface area (Å²) in [5.41, 5.74) is 5.95. The normalized spacial score (nSPS) is 13.6. The minimum absolute atomic E-state index is 0.227. The van der Waals surface area contributed by atoms with Crippen molar-refractivity contribution >= 4 is 21.6 Å². The van der Waals surface area contributed by atoms with Crippen molar-refractivity contribution in [2.45, 2.75) is 60.0 Å². The fraction of sp³-hybridized carbons (Fsp3) is 0.435. The van der Waals surface area contributed by atoms with Crippen molar-refractivity contribution in [3.05, 3.63) is 64.2 Å². The molecule has 2 aromatic rings. The second kappa shape index (κ2) is 8.99. The van der Waals surface area contributed by atoms with Gasteiger partial charge < -0.3 is 5.32 Å². The van der Waals surface area contributed by atoms with Crippen molar-refractivity contribution in [1.82, 2.24) is 5.32 Å². The highest BCUT2D eigenvalue weighted by Gasteiger charge is 2.32. The van der Waals surface area contributed by atoms with Gasteiger partial charge in [0.15, 0.2) is 0 Å². The van der Waals surface area contributed by atoms with Crippen molar-refractivity contribution in [3.63, 3.8) is 0 Å². The summed E-state index contributed by atoms with van der Waals surface area (Å²) in [6.45, 7) is 11.8. The predicted molar refractivity (Wildman–Crippen MR) is 120 cm³/mol. The number of nitrogens with zero attached hydrogens (tertiary/aromatic N) is 1. The number of nitrogens with one attached hydrogen (secondary N) is 1. The van der Waals surface area contributed by atoms with Gasteiger partial charge >= 0.3 is 0 Å². The Morgan fingerprint density at radius 3 is 2.21 bits per heavy atom. The van der Waals surface area contributed by atoms with Crippen molar-refractivity contribution in [3.8, 4) is 0 Å². The number of anilines is 1. The number of sulfonamides is 1. The zero-order chi connectivity index (χ0) is 21.9. The van der Waals surface area contributed by atoms with E-state index in [4.69, 9.17) is 0 Å². The number of rotatable bonds is 7. The third kappa shape index (κ3) is 5.38. The molecule has 0 aliphatic rings. The molecule has 2 aromatic carbocycles. The molecule has 0 saturated heterocycles. The minimum atomic E-state index is -3.64. The molecular formula is C23H32N2O3S. The highest BCUT2D eigenvalue weighted by Crippen LogP contribution is 2.25. The molecule has 0 radical (unpaired) electrons. The molecule has 0 fully saturated rings. The van der Waals surface area contributed by atoms with Gasteiger partial charge in [0.25, 0.3) is 0 Å². The molecule has 0 aliphatic carbocycles. The summed E-state index contributed by atoms with van der Waals surface area (Å²) >= 11 is 0. The Balaban J connectivity index is 2.36. The number of hydrogen-bond donors (Lipinski definition) is 1. The van der Waals surface area contributed by atoms with Crippen LogP contribution in [0.1, 0.15) is 54.1 Å². The lowest BCUT2D eigenvalue weighted by Crippen LogP contribution is -2.49. The Morgan fingerprint density at radius 2 is 1.66 bits per heavy atom. The third-order valence-corrected chi connectivity index (χ3v) is 6.47. The lowest BCUT2D eigenvalue weighted by atomic mass is 9.96. The summed E-state index contributed by atoms with van der Waals surface area (Å²) in [6.07, 6.45) is 1.51. The first-order chi connectivity index (χ1) is 13.5. The fourth-order valence-electron chi connectivity index (χ4n) is 3.66. The molecule has 0 heterocycles. The van der Waals surface area contributed by atoms with Gasteiger partial charge in [-0.15, -0.1) is 0 Å². The molecule has 5 nitrogen and oxygen atoms in total. The summed E-state index contributed by atoms with van der Waals surface area (Å²) < 4.78 is 26.4. The maximum atomic E-state index is 13.2. The van der Waals surface area contributed by atoms with Crippen LogP contribution in [-0.4, -0.2) is 26.6 Å². The van der Waals surface area contributed by atoms with E-state index in [0.717, 1.165) is 28.5 Å². The average molecular weight is 417 g/mol. The van der Waals surface area contributed by atoms with Gasteiger partial charge in [-0.25, -0.2) is 8.42 Å². The van der Waals surface area contributed by atoms with Gasteiger partial charge in [-0.2, -0.15) is 0 Å². The van der Waals surface area contributed by atoms with Crippen molar-refractivity contribution < 1.29 is 13.2 Å². The van der Waals surface area contributed by atoms with E-state index in [2.05, 4.69) is 24.4 Å². The van der Waals surface area contributed by atoms with Crippen molar-refractivity contribution in [1.29, 1.82) is 0 Å². The van der Waals surface area contributed by atoms with Crippen LogP contribution in [0, 0.1) is 27.7 Å². The SMILES string of the molecule is CC[C@H](C(=O)N[C@H](C)c1cc(C)c(C)cc1C)N(c1cccc(C)c1)S(C)(=O)=O. The second-order valence-corrected chi connectivity index (χ2v) is 9.70. The van der Waals surface area contributed by atoms with Crippen LogP contribution in [0.3, 0.4) is 0 Å². The standard InChI is InChI=1S/C23H32N2O3S/c1-8-22(25(29(7,27)28)20-11-9-10-15(2)12-20)23(26)24-19(6)21-14-17(4)16(3)13-18(21)5/h9-14,19,22H,8H2,1-7H3,(H,24,26)/t19-,22-/m1/s1. The van der Waals surface area contributed by atoms with E-state index in [1.165, 1.54) is 9.87 Å². The first-order valence-corrected chi connectivity index (χ1v) is 11.7. The molecule has 0 saturated carbocycles. The largest absolute Gasteiger partial charge is 0.348 e. The van der Waals surface area contributed by atoms with Crippen LogP contribution in [0.25, 0.3) is 0 Å². The molecule has 6 heteroatoms. The van der Waals surface area contributed by atoms with E-state index in [-0.39, 0.29) is 11.9 Å². The van der Waals surface area contributed by atoms with Gasteiger partial charge in [-0.3, -0.25) is 9.10 Å². The minimum Gasteiger partial charge on any atom is -0.348 e. The van der Waals surface area contributed by atoms with E-state index in [1.54, 1.807) is 18.2 Å². The highest BCUT2D eigenvalue weighted by atomic mass is 32.2. The average Bonchev–Trinajstić information content (AvgIpc) is 2.61. The smallest absolute Gasteiger partial charge is 0.244 e. The van der Waals surface area contributed by atoms with Crippen LogP contribution in [0.4, 0.5) is 5.69 Å². The van der Waals surface area contributed by atoms with E-state index in [9.17, 15) is 13.2 Å². The van der Waals surface area contributed by atoms with E-state index >= 15 is 0 Å². The van der Waals surface area contributed by atoms with Crippen LogP contribution in [-0.2, 0) is 14.8 Å². The number of hydrogen-bond acceptors (Lipinski definition) is 3. The van der Waals surface area contributed by atoms with Gasteiger partial charge in [0.2, 0.25) is 15.9 Å². The molecule has 0 unspecified atom stereocenters. The molecule has 1 N–H and O–H groups in total. The first-order valence-electron chi connectivity index (χ1n) is 9.89. The summed E-state index contributed by atoms with van der Waals surface area (Å²) in [4.78, 5) is 13.2. The Morgan fingerprint density at radius 1 is 1.03 bits per heavy atom. The lowest BCUT2D eigenvalue weighted by Gasteiger charge is -2.31. The number of benzene rings is 2. The van der Waals surface area contributed by atoms with E-state index < -0.39 is 16.1 Å². The maximum absolute atomic E-state index is 13.2. The van der Waals surface area contributed by atoms with Gasteiger partial charge in [0.1, 0.15) is 6.04 Å². The van der Waals surface area contributed by atoms with Gasteiger partial charge in [-0.05, 0) is 81.0 Å². The van der Waals surface area contributed by atoms with Gasteiger partial charge in [0, 0.05) is 0 Å². The number of amides is 1. The molecule has 0 aromatic heterocycles. The van der Waals surface area contributed by atoms with Crippen molar-refractivity contribution in [2.24, 2.45) is 0 Å². The zero-order valence-corrected chi connectivity index (χ0v) is 19.2. The fourth-order valence-corrected chi connectivity index (χ4v) is 4.87. The molecule has 2 rings (SSSR count). The van der Waals surface area contributed by atoms with Crippen molar-refractivity contribution in [2.75, 3.05) is 10.6 Å². The highest BCUT2D eigenvalue weighted by molar-refractivity contribution is 7.92. The molecule has 0 bridgehead atoms. The van der Waals surface area contributed by atoms with E-state index in [1.807, 2.05) is 40.7 Å². The third-order valence-electron chi connectivity index (χ3n) is 5.29. The molecule has 0 spiro atoms. The van der Waals surface area contributed by atoms with E-state index in [0.29, 0.717) is 12.1 Å². The summed E-state index contributed by atoms with van der Waals surface area (Å²) in [5, 5.41) is 3.03. The molecule has 1 amide bonds. The number of carbonyl (C=O) groups is 1. The summed E-state index contributed by atoms with van der Waals surface area (Å²) in [6, 6.07) is 10.4. The topological polar surface area (TPSA) is 66.5 Å². The molecule has 0 aliphatic heterocycles. The van der Waals surface area contributed by atoms with Crippen LogP contribution in [0.5, 0.6) is 0 Å². The van der Waals surface area contributed by atoms with Crippen LogP contribution < -0.4 is 9.62 Å².